The third-order valence-corrected chi connectivity index (χ3v) is 22.2. The van der Waals surface area contributed by atoms with Gasteiger partial charge >= 0.3 is 39.5 Å². The molecular formula is C86H168O17P2. The Bertz CT molecular complexity index is 2000. The summed E-state index contributed by atoms with van der Waals surface area (Å²) >= 11 is 0. The van der Waals surface area contributed by atoms with Crippen molar-refractivity contribution in [3.05, 3.63) is 0 Å². The molecule has 105 heavy (non-hydrogen) atoms. The first-order chi connectivity index (χ1) is 51.0. The molecule has 0 aromatic heterocycles. The molecule has 0 aliphatic carbocycles. The molecule has 5 atom stereocenters. The molecule has 0 saturated carbocycles. The first-order valence-electron chi connectivity index (χ1n) is 44.6. The number of phosphoric acid groups is 2. The molecule has 2 unspecified atom stereocenters. The average Bonchev–Trinajstić information content (AvgIpc) is 0.907. The minimum atomic E-state index is -4.97. The standard InChI is InChI=1S/C86H168O17P2/c1-6-9-12-15-18-21-24-27-30-33-35-37-40-43-46-49-52-55-62-66-71-85(90)102-81(75-96-83(88)69-64-59-53-50-47-44-41-39-36-34-31-28-25-22-19-16-13-10-7-2)77-100-104(92,93)98-73-80(87)74-99-105(94,95)101-78-82(76-97-84(89)70-65-60-57-56-58-63-68-79(4)5)103-86(91)72-67-61-54-51-48-45-42-38-32-29-26-23-20-17-14-11-8-3/h79-82,87H,6-78H2,1-5H3,(H,92,93)(H,94,95)/t80-,81-,82-/m1/s1. The molecule has 0 aliphatic rings. The van der Waals surface area contributed by atoms with E-state index in [1.165, 1.54) is 283 Å². The van der Waals surface area contributed by atoms with E-state index in [9.17, 15) is 43.2 Å². The summed E-state index contributed by atoms with van der Waals surface area (Å²) in [6.07, 6.45) is 72.5. The van der Waals surface area contributed by atoms with E-state index in [0.29, 0.717) is 31.6 Å². The van der Waals surface area contributed by atoms with Gasteiger partial charge in [0.25, 0.3) is 0 Å². The van der Waals surface area contributed by atoms with Crippen molar-refractivity contribution in [1.82, 2.24) is 0 Å². The van der Waals surface area contributed by atoms with Gasteiger partial charge in [-0.3, -0.25) is 37.3 Å². The second-order valence-electron chi connectivity index (χ2n) is 31.4. The number of aliphatic hydroxyl groups excluding tert-OH is 1. The number of aliphatic hydroxyl groups is 1. The summed E-state index contributed by atoms with van der Waals surface area (Å²) in [5, 5.41) is 10.7. The summed E-state index contributed by atoms with van der Waals surface area (Å²) in [7, 11) is -9.93. The van der Waals surface area contributed by atoms with Crippen LogP contribution in [-0.2, 0) is 65.4 Å². The lowest BCUT2D eigenvalue weighted by atomic mass is 10.0. The second-order valence-corrected chi connectivity index (χ2v) is 34.3. The molecule has 19 heteroatoms. The van der Waals surface area contributed by atoms with Crippen LogP contribution in [0.15, 0.2) is 0 Å². The van der Waals surface area contributed by atoms with Crippen LogP contribution >= 0.6 is 15.6 Å². The fourth-order valence-electron chi connectivity index (χ4n) is 13.5. The molecule has 0 radical (unpaired) electrons. The third kappa shape index (κ3) is 79.9. The first kappa shape index (κ1) is 103. The molecule has 0 aromatic carbocycles. The van der Waals surface area contributed by atoms with Crippen LogP contribution in [-0.4, -0.2) is 96.7 Å². The predicted octanol–water partition coefficient (Wildman–Crippen LogP) is 26.4. The van der Waals surface area contributed by atoms with Gasteiger partial charge in [0.2, 0.25) is 0 Å². The number of carbonyl (C=O) groups is 4. The Morgan fingerprint density at radius 2 is 0.438 bits per heavy atom. The van der Waals surface area contributed by atoms with E-state index in [1.807, 2.05) is 0 Å². The fourth-order valence-corrected chi connectivity index (χ4v) is 15.1. The highest BCUT2D eigenvalue weighted by atomic mass is 31.2. The van der Waals surface area contributed by atoms with Gasteiger partial charge in [-0.2, -0.15) is 0 Å². The van der Waals surface area contributed by atoms with Crippen LogP contribution in [0.1, 0.15) is 465 Å². The quantitative estimate of drug-likeness (QED) is 0.0222. The number of phosphoric ester groups is 2. The maximum atomic E-state index is 13.1. The van der Waals surface area contributed by atoms with Crippen molar-refractivity contribution in [2.24, 2.45) is 5.92 Å². The Hall–Kier alpha value is -1.94. The lowest BCUT2D eigenvalue weighted by molar-refractivity contribution is -0.161. The highest BCUT2D eigenvalue weighted by molar-refractivity contribution is 7.47. The fraction of sp³-hybridized carbons (Fsp3) is 0.953. The Balaban J connectivity index is 5.21. The second kappa shape index (κ2) is 78.7. The van der Waals surface area contributed by atoms with Gasteiger partial charge in [0.05, 0.1) is 26.4 Å². The normalized spacial score (nSPS) is 13.8. The summed E-state index contributed by atoms with van der Waals surface area (Å²) in [6.45, 7) is 7.28. The lowest BCUT2D eigenvalue weighted by Crippen LogP contribution is -2.30. The van der Waals surface area contributed by atoms with Crippen molar-refractivity contribution in [1.29, 1.82) is 0 Å². The number of hydrogen-bond donors (Lipinski definition) is 3. The maximum Gasteiger partial charge on any atom is 0.472 e. The predicted molar refractivity (Wildman–Crippen MR) is 432 cm³/mol. The van der Waals surface area contributed by atoms with Crippen LogP contribution < -0.4 is 0 Å². The van der Waals surface area contributed by atoms with E-state index in [-0.39, 0.29) is 25.7 Å². The molecule has 0 rings (SSSR count). The van der Waals surface area contributed by atoms with Crippen molar-refractivity contribution in [3.63, 3.8) is 0 Å². The number of hydrogen-bond acceptors (Lipinski definition) is 15. The number of carbonyl (C=O) groups excluding carboxylic acids is 4. The lowest BCUT2D eigenvalue weighted by Gasteiger charge is -2.21. The van der Waals surface area contributed by atoms with E-state index in [0.717, 1.165) is 96.3 Å². The van der Waals surface area contributed by atoms with E-state index in [2.05, 4.69) is 34.6 Å². The van der Waals surface area contributed by atoms with E-state index >= 15 is 0 Å². The smallest absolute Gasteiger partial charge is 0.462 e. The van der Waals surface area contributed by atoms with Crippen molar-refractivity contribution in [2.75, 3.05) is 39.6 Å². The minimum absolute atomic E-state index is 0.108. The molecule has 3 N–H and O–H groups in total. The topological polar surface area (TPSA) is 237 Å². The molecule has 0 spiro atoms. The zero-order chi connectivity index (χ0) is 76.9. The first-order valence-corrected chi connectivity index (χ1v) is 47.6. The summed E-state index contributed by atoms with van der Waals surface area (Å²) in [5.74, 6) is -1.42. The molecule has 0 saturated heterocycles. The van der Waals surface area contributed by atoms with Crippen LogP contribution in [0.5, 0.6) is 0 Å². The Morgan fingerprint density at radius 1 is 0.257 bits per heavy atom. The number of unbranched alkanes of at least 4 members (excludes halogenated alkanes) is 58. The van der Waals surface area contributed by atoms with Crippen molar-refractivity contribution in [3.8, 4) is 0 Å². The maximum absolute atomic E-state index is 13.1. The van der Waals surface area contributed by atoms with Gasteiger partial charge in [0.1, 0.15) is 19.3 Å². The Morgan fingerprint density at radius 3 is 0.648 bits per heavy atom. The van der Waals surface area contributed by atoms with Gasteiger partial charge in [-0.05, 0) is 31.6 Å². The largest absolute Gasteiger partial charge is 0.472 e. The third-order valence-electron chi connectivity index (χ3n) is 20.3. The molecule has 624 valence electrons. The molecule has 0 bridgehead atoms. The molecule has 17 nitrogen and oxygen atoms in total. The molecule has 0 heterocycles. The van der Waals surface area contributed by atoms with Crippen LogP contribution in [0.2, 0.25) is 0 Å². The average molecular weight is 1540 g/mol. The van der Waals surface area contributed by atoms with E-state index in [1.54, 1.807) is 0 Å². The summed E-state index contributed by atoms with van der Waals surface area (Å²) < 4.78 is 68.9. The number of esters is 4. The SMILES string of the molecule is CCCCCCCCCCCCCCCCCCCCCCC(=O)O[C@H](COC(=O)CCCCCCCCCCCCCCCCCCCCC)COP(=O)(O)OC[C@@H](O)COP(=O)(O)OC[C@@H](COC(=O)CCCCCCCCC(C)C)OC(=O)CCCCCCCCCCCCCCCCCCC. The summed E-state index contributed by atoms with van der Waals surface area (Å²) in [4.78, 5) is 73.2. The summed E-state index contributed by atoms with van der Waals surface area (Å²) in [5.41, 5.74) is 0. The number of rotatable bonds is 86. The monoisotopic (exact) mass is 1540 g/mol. The molecule has 0 aliphatic heterocycles. The highest BCUT2D eigenvalue weighted by Gasteiger charge is 2.30. The Kier molecular flexibility index (Phi) is 77.3. The van der Waals surface area contributed by atoms with E-state index in [4.69, 9.17) is 37.0 Å². The summed E-state index contributed by atoms with van der Waals surface area (Å²) in [6, 6.07) is 0. The number of ether oxygens (including phenoxy) is 4. The van der Waals surface area contributed by atoms with Crippen LogP contribution in [0, 0.1) is 5.92 Å². The van der Waals surface area contributed by atoms with Gasteiger partial charge < -0.3 is 33.8 Å². The van der Waals surface area contributed by atoms with Crippen LogP contribution in [0.25, 0.3) is 0 Å². The molecule has 0 amide bonds. The molecular weight excluding hydrogens is 1370 g/mol. The van der Waals surface area contributed by atoms with Gasteiger partial charge in [0.15, 0.2) is 12.2 Å². The van der Waals surface area contributed by atoms with Crippen molar-refractivity contribution in [2.45, 2.75) is 483 Å². The zero-order valence-corrected chi connectivity index (χ0v) is 70.7. The van der Waals surface area contributed by atoms with Gasteiger partial charge in [-0.15, -0.1) is 0 Å². The molecule has 0 fully saturated rings. The van der Waals surface area contributed by atoms with Crippen LogP contribution in [0.4, 0.5) is 0 Å². The Labute approximate surface area is 645 Å². The molecule has 0 aromatic rings. The van der Waals surface area contributed by atoms with Crippen molar-refractivity contribution >= 4 is 39.5 Å². The zero-order valence-electron chi connectivity index (χ0n) is 68.9. The van der Waals surface area contributed by atoms with Crippen molar-refractivity contribution < 1.29 is 80.2 Å². The van der Waals surface area contributed by atoms with Gasteiger partial charge in [0, 0.05) is 25.7 Å². The highest BCUT2D eigenvalue weighted by Crippen LogP contribution is 2.45. The van der Waals surface area contributed by atoms with Gasteiger partial charge in [-0.25, -0.2) is 9.13 Å². The minimum Gasteiger partial charge on any atom is -0.462 e. The van der Waals surface area contributed by atoms with E-state index < -0.39 is 97.5 Å². The van der Waals surface area contributed by atoms with Crippen LogP contribution in [0.3, 0.4) is 0 Å². The van der Waals surface area contributed by atoms with Gasteiger partial charge in [-0.1, -0.05) is 413 Å².